The number of carbonyl (C=O) groups excluding carboxylic acids is 1. The van der Waals surface area contributed by atoms with Crippen LogP contribution in [0.15, 0.2) is 24.3 Å². The molecule has 1 aromatic carbocycles. The molecule has 92 valence electrons. The molecule has 0 unspecified atom stereocenters. The van der Waals surface area contributed by atoms with Gasteiger partial charge in [-0.1, -0.05) is 22.9 Å². The van der Waals surface area contributed by atoms with E-state index >= 15 is 0 Å². The number of alkyl halides is 1. The molecule has 0 aliphatic rings. The van der Waals surface area contributed by atoms with E-state index in [1.165, 1.54) is 12.1 Å². The molecular weight excluding hydrogens is 290 g/mol. The minimum Gasteiger partial charge on any atom is -0.457 e. The molecule has 0 aliphatic heterocycles. The molecule has 1 rings (SSSR count). The van der Waals surface area contributed by atoms with E-state index in [0.717, 1.165) is 5.56 Å². The molecule has 0 saturated carbocycles. The van der Waals surface area contributed by atoms with Crippen molar-refractivity contribution in [3.63, 3.8) is 0 Å². The topological polar surface area (TPSA) is 69.4 Å². The summed E-state index contributed by atoms with van der Waals surface area (Å²) in [5.74, 6) is -0.298. The molecule has 6 heteroatoms. The Balaban J connectivity index is 2.82. The van der Waals surface area contributed by atoms with Crippen molar-refractivity contribution < 1.29 is 14.5 Å². The molecule has 17 heavy (non-hydrogen) atoms. The summed E-state index contributed by atoms with van der Waals surface area (Å²) in [5, 5.41) is 10.9. The van der Waals surface area contributed by atoms with Crippen molar-refractivity contribution in [2.75, 3.05) is 5.33 Å². The molecular formula is C11H12BrNO4. The fraction of sp³-hybridized carbons (Fsp3) is 0.364. The second kappa shape index (κ2) is 6.34. The number of benzene rings is 1. The van der Waals surface area contributed by atoms with E-state index < -0.39 is 11.0 Å². The van der Waals surface area contributed by atoms with Crippen LogP contribution in [0.1, 0.15) is 25.0 Å². The number of carbonyl (C=O) groups is 1. The van der Waals surface area contributed by atoms with Crippen LogP contribution in [0.25, 0.3) is 0 Å². The van der Waals surface area contributed by atoms with E-state index in [9.17, 15) is 14.9 Å². The van der Waals surface area contributed by atoms with Crippen molar-refractivity contribution in [2.24, 2.45) is 0 Å². The fourth-order valence-electron chi connectivity index (χ4n) is 1.24. The van der Waals surface area contributed by atoms with Gasteiger partial charge in [-0.25, -0.2) is 0 Å². The maximum absolute atomic E-state index is 11.2. The van der Waals surface area contributed by atoms with Crippen molar-refractivity contribution >= 4 is 27.6 Å². The van der Waals surface area contributed by atoms with Crippen LogP contribution in [0.2, 0.25) is 0 Å². The van der Waals surface area contributed by atoms with Crippen molar-refractivity contribution in [1.29, 1.82) is 0 Å². The number of halogens is 1. The van der Waals surface area contributed by atoms with E-state index in [1.54, 1.807) is 19.1 Å². The minimum absolute atomic E-state index is 0.0175. The summed E-state index contributed by atoms with van der Waals surface area (Å²) < 4.78 is 5.18. The lowest BCUT2D eigenvalue weighted by Gasteiger charge is -2.15. The highest BCUT2D eigenvalue weighted by atomic mass is 79.9. The van der Waals surface area contributed by atoms with Gasteiger partial charge in [0.05, 0.1) is 4.92 Å². The van der Waals surface area contributed by atoms with Gasteiger partial charge in [-0.15, -0.1) is 0 Å². The number of nitro benzene ring substituents is 1. The van der Waals surface area contributed by atoms with Crippen LogP contribution in [0.5, 0.6) is 0 Å². The van der Waals surface area contributed by atoms with Crippen molar-refractivity contribution in [3.8, 4) is 0 Å². The Labute approximate surface area is 107 Å². The van der Waals surface area contributed by atoms with Gasteiger partial charge in [0.25, 0.3) is 5.69 Å². The molecule has 5 nitrogen and oxygen atoms in total. The Kier molecular flexibility index (Phi) is 5.09. The summed E-state index contributed by atoms with van der Waals surface area (Å²) in [7, 11) is 0. The van der Waals surface area contributed by atoms with Gasteiger partial charge in [-0.2, -0.15) is 0 Å². The van der Waals surface area contributed by atoms with E-state index in [4.69, 9.17) is 4.74 Å². The third-order valence-corrected chi connectivity index (χ3v) is 2.77. The highest BCUT2D eigenvalue weighted by Crippen LogP contribution is 2.22. The predicted octanol–water partition coefficient (Wildman–Crippen LogP) is 2.98. The summed E-state index contributed by atoms with van der Waals surface area (Å²) in [5.41, 5.74) is 0.748. The molecule has 0 heterocycles. The van der Waals surface area contributed by atoms with Crippen LogP contribution < -0.4 is 0 Å². The molecule has 1 atom stereocenters. The van der Waals surface area contributed by atoms with Crippen LogP contribution >= 0.6 is 15.9 Å². The predicted molar refractivity (Wildman–Crippen MR) is 66.0 cm³/mol. The molecule has 0 radical (unpaired) electrons. The zero-order valence-electron chi connectivity index (χ0n) is 9.26. The summed E-state index contributed by atoms with van der Waals surface area (Å²) >= 11 is 3.25. The number of esters is 1. The van der Waals surface area contributed by atoms with E-state index in [1.807, 2.05) is 0 Å². The molecule has 1 aromatic rings. The summed E-state index contributed by atoms with van der Waals surface area (Å²) in [6, 6.07) is 5.97. The standard InChI is InChI=1S/C11H12BrNO4/c1-2-11(14)17-10(7-12)8-3-5-9(6-4-8)13(15)16/h3-6,10H,2,7H2,1H3/t10-/m0/s1. The van der Waals surface area contributed by atoms with Crippen molar-refractivity contribution in [3.05, 3.63) is 39.9 Å². The first-order chi connectivity index (χ1) is 8.08. The Morgan fingerprint density at radius 2 is 2.06 bits per heavy atom. The maximum atomic E-state index is 11.2. The van der Waals surface area contributed by atoms with Gasteiger partial charge in [0, 0.05) is 23.9 Å². The molecule has 0 bridgehead atoms. The summed E-state index contributed by atoms with van der Waals surface area (Å²) in [6.45, 7) is 1.71. The van der Waals surface area contributed by atoms with Crippen molar-refractivity contribution in [2.45, 2.75) is 19.4 Å². The highest BCUT2D eigenvalue weighted by molar-refractivity contribution is 9.09. The highest BCUT2D eigenvalue weighted by Gasteiger charge is 2.15. The van der Waals surface area contributed by atoms with Gasteiger partial charge >= 0.3 is 5.97 Å². The van der Waals surface area contributed by atoms with Crippen LogP contribution in [-0.4, -0.2) is 16.2 Å². The Bertz CT molecular complexity index is 404. The summed E-state index contributed by atoms with van der Waals surface area (Å²) in [4.78, 5) is 21.2. The molecule has 0 amide bonds. The lowest BCUT2D eigenvalue weighted by molar-refractivity contribution is -0.384. The normalized spacial score (nSPS) is 11.9. The maximum Gasteiger partial charge on any atom is 0.306 e. The van der Waals surface area contributed by atoms with Crippen LogP contribution in [0.4, 0.5) is 5.69 Å². The molecule has 0 aromatic heterocycles. The smallest absolute Gasteiger partial charge is 0.306 e. The Hall–Kier alpha value is -1.43. The monoisotopic (exact) mass is 301 g/mol. The first-order valence-corrected chi connectivity index (χ1v) is 6.20. The first kappa shape index (κ1) is 13.6. The first-order valence-electron chi connectivity index (χ1n) is 5.08. The zero-order valence-corrected chi connectivity index (χ0v) is 10.8. The van der Waals surface area contributed by atoms with Crippen LogP contribution in [-0.2, 0) is 9.53 Å². The van der Waals surface area contributed by atoms with E-state index in [0.29, 0.717) is 11.8 Å². The number of ether oxygens (including phenoxy) is 1. The van der Waals surface area contributed by atoms with Gasteiger partial charge in [0.2, 0.25) is 0 Å². The largest absolute Gasteiger partial charge is 0.457 e. The lowest BCUT2D eigenvalue weighted by Crippen LogP contribution is -2.11. The Morgan fingerprint density at radius 3 is 2.47 bits per heavy atom. The number of rotatable bonds is 5. The van der Waals surface area contributed by atoms with Gasteiger partial charge in [-0.05, 0) is 17.7 Å². The average molecular weight is 302 g/mol. The van der Waals surface area contributed by atoms with Gasteiger partial charge < -0.3 is 4.74 Å². The minimum atomic E-state index is -0.467. The number of hydrogen-bond acceptors (Lipinski definition) is 4. The SMILES string of the molecule is CCC(=O)O[C@@H](CBr)c1ccc([N+](=O)[O-])cc1. The molecule has 0 fully saturated rings. The lowest BCUT2D eigenvalue weighted by atomic mass is 10.1. The fourth-order valence-corrected chi connectivity index (χ4v) is 1.75. The number of nitro groups is 1. The van der Waals surface area contributed by atoms with Crippen LogP contribution in [0, 0.1) is 10.1 Å². The van der Waals surface area contributed by atoms with Gasteiger partial charge in [0.1, 0.15) is 6.10 Å². The number of nitrogens with zero attached hydrogens (tertiary/aromatic N) is 1. The van der Waals surface area contributed by atoms with Gasteiger partial charge in [-0.3, -0.25) is 14.9 Å². The second-order valence-corrected chi connectivity index (χ2v) is 3.98. The van der Waals surface area contributed by atoms with E-state index in [-0.39, 0.29) is 11.7 Å². The molecule has 0 saturated heterocycles. The Morgan fingerprint density at radius 1 is 1.47 bits per heavy atom. The third kappa shape index (κ3) is 3.81. The quantitative estimate of drug-likeness (QED) is 0.363. The number of non-ortho nitro benzene ring substituents is 1. The zero-order chi connectivity index (χ0) is 12.8. The van der Waals surface area contributed by atoms with Crippen molar-refractivity contribution in [1.82, 2.24) is 0 Å². The average Bonchev–Trinajstić information content (AvgIpc) is 2.35. The molecule has 0 N–H and O–H groups in total. The van der Waals surface area contributed by atoms with Gasteiger partial charge in [0.15, 0.2) is 0 Å². The van der Waals surface area contributed by atoms with E-state index in [2.05, 4.69) is 15.9 Å². The summed E-state index contributed by atoms with van der Waals surface area (Å²) in [6.07, 6.45) is -0.112. The second-order valence-electron chi connectivity index (χ2n) is 3.34. The third-order valence-electron chi connectivity index (χ3n) is 2.18. The molecule has 0 aliphatic carbocycles. The molecule has 0 spiro atoms. The van der Waals surface area contributed by atoms with Crippen LogP contribution in [0.3, 0.4) is 0 Å². The number of hydrogen-bond donors (Lipinski definition) is 0.